The second-order valence-electron chi connectivity index (χ2n) is 5.79. The summed E-state index contributed by atoms with van der Waals surface area (Å²) in [5.41, 5.74) is 2.75. The number of aryl methyl sites for hydroxylation is 2. The highest BCUT2D eigenvalue weighted by atomic mass is 16.3. The van der Waals surface area contributed by atoms with Crippen LogP contribution in [0.2, 0.25) is 0 Å². The van der Waals surface area contributed by atoms with Gasteiger partial charge in [0.25, 0.3) is 0 Å². The molecule has 2 aromatic rings. The molecule has 1 fully saturated rings. The maximum Gasteiger partial charge on any atom is 0.226 e. The van der Waals surface area contributed by atoms with Crippen LogP contribution < -0.4 is 16.0 Å². The van der Waals surface area contributed by atoms with Crippen molar-refractivity contribution in [3.63, 3.8) is 0 Å². The molecular weight excluding hydrogens is 280 g/mol. The molecule has 0 saturated carbocycles. The van der Waals surface area contributed by atoms with Gasteiger partial charge in [-0.3, -0.25) is 0 Å². The molecule has 7 nitrogen and oxygen atoms in total. The quantitative estimate of drug-likeness (QED) is 0.664. The van der Waals surface area contributed by atoms with E-state index in [4.69, 9.17) is 0 Å². The third kappa shape index (κ3) is 2.82. The van der Waals surface area contributed by atoms with Gasteiger partial charge in [-0.1, -0.05) is 0 Å². The lowest BCUT2D eigenvalue weighted by Gasteiger charge is -2.14. The minimum absolute atomic E-state index is 0.143. The summed E-state index contributed by atoms with van der Waals surface area (Å²) >= 11 is 0. The molecular formula is C15H22N6O. The smallest absolute Gasteiger partial charge is 0.226 e. The summed E-state index contributed by atoms with van der Waals surface area (Å²) in [5, 5.41) is 19.9. The van der Waals surface area contributed by atoms with Gasteiger partial charge in [-0.25, -0.2) is 4.98 Å². The van der Waals surface area contributed by atoms with Gasteiger partial charge in [0.15, 0.2) is 5.65 Å². The molecule has 1 aliphatic heterocycles. The Morgan fingerprint density at radius 3 is 2.82 bits per heavy atom. The van der Waals surface area contributed by atoms with E-state index in [0.717, 1.165) is 35.4 Å². The number of rotatable bonds is 4. The maximum atomic E-state index is 9.19. The molecule has 0 bridgehead atoms. The number of nitrogens with zero attached hydrogens (tertiary/aromatic N) is 3. The first-order valence-corrected chi connectivity index (χ1v) is 7.55. The molecule has 3 rings (SSSR count). The number of aliphatic hydroxyl groups excluding tert-OH is 1. The highest BCUT2D eigenvalue weighted by Gasteiger charge is 2.24. The first-order chi connectivity index (χ1) is 10.6. The van der Waals surface area contributed by atoms with E-state index in [0.29, 0.717) is 11.6 Å². The zero-order valence-corrected chi connectivity index (χ0v) is 13.1. The Balaban J connectivity index is 1.94. The van der Waals surface area contributed by atoms with E-state index in [1.165, 1.54) is 0 Å². The van der Waals surface area contributed by atoms with Crippen LogP contribution in [0.15, 0.2) is 6.07 Å². The van der Waals surface area contributed by atoms with Gasteiger partial charge in [-0.2, -0.15) is 9.97 Å². The number of hydrogen-bond donors (Lipinski definition) is 4. The molecule has 118 valence electrons. The monoisotopic (exact) mass is 302 g/mol. The van der Waals surface area contributed by atoms with Crippen LogP contribution in [0.5, 0.6) is 0 Å². The minimum atomic E-state index is 0.143. The molecule has 0 amide bonds. The number of aliphatic hydroxyl groups is 1. The Morgan fingerprint density at radius 1 is 1.32 bits per heavy atom. The highest BCUT2D eigenvalue weighted by molar-refractivity contribution is 5.90. The molecule has 0 radical (unpaired) electrons. The van der Waals surface area contributed by atoms with E-state index in [9.17, 15) is 5.11 Å². The first-order valence-electron chi connectivity index (χ1n) is 7.55. The molecule has 1 aliphatic rings. The van der Waals surface area contributed by atoms with Crippen LogP contribution in [-0.2, 0) is 0 Å². The van der Waals surface area contributed by atoms with Gasteiger partial charge in [0.2, 0.25) is 5.95 Å². The van der Waals surface area contributed by atoms with Crippen molar-refractivity contribution in [2.45, 2.75) is 32.4 Å². The molecule has 22 heavy (non-hydrogen) atoms. The van der Waals surface area contributed by atoms with Crippen LogP contribution in [0, 0.1) is 13.8 Å². The van der Waals surface area contributed by atoms with Gasteiger partial charge >= 0.3 is 0 Å². The number of anilines is 2. The van der Waals surface area contributed by atoms with Crippen molar-refractivity contribution in [2.75, 3.05) is 30.8 Å². The third-order valence-corrected chi connectivity index (χ3v) is 4.00. The number of fused-ring (bicyclic) bond motifs is 1. The second-order valence-corrected chi connectivity index (χ2v) is 5.79. The van der Waals surface area contributed by atoms with Crippen molar-refractivity contribution in [3.05, 3.63) is 17.3 Å². The Bertz CT molecular complexity index is 689. The van der Waals surface area contributed by atoms with Gasteiger partial charge in [0.05, 0.1) is 12.0 Å². The van der Waals surface area contributed by atoms with Crippen molar-refractivity contribution in [1.82, 2.24) is 20.3 Å². The molecule has 0 aliphatic carbocycles. The van der Waals surface area contributed by atoms with Crippen LogP contribution in [-0.4, -0.2) is 52.3 Å². The fourth-order valence-corrected chi connectivity index (χ4v) is 2.97. The third-order valence-electron chi connectivity index (χ3n) is 4.00. The number of aromatic nitrogens is 3. The van der Waals surface area contributed by atoms with E-state index in [-0.39, 0.29) is 18.7 Å². The van der Waals surface area contributed by atoms with Gasteiger partial charge in [-0.05, 0) is 31.9 Å². The maximum absolute atomic E-state index is 9.19. The minimum Gasteiger partial charge on any atom is -0.395 e. The van der Waals surface area contributed by atoms with Crippen LogP contribution in [0.1, 0.15) is 17.7 Å². The van der Waals surface area contributed by atoms with Crippen LogP contribution in [0.4, 0.5) is 11.8 Å². The Kier molecular flexibility index (Phi) is 4.08. The van der Waals surface area contributed by atoms with Crippen LogP contribution in [0.25, 0.3) is 11.0 Å². The van der Waals surface area contributed by atoms with E-state index in [2.05, 4.69) is 30.9 Å². The lowest BCUT2D eigenvalue weighted by Crippen LogP contribution is -2.25. The summed E-state index contributed by atoms with van der Waals surface area (Å²) < 4.78 is 0. The summed E-state index contributed by atoms with van der Waals surface area (Å²) in [6, 6.07) is 2.39. The average molecular weight is 302 g/mol. The molecule has 2 aromatic heterocycles. The Hall–Kier alpha value is -1.99. The predicted octanol–water partition coefficient (Wildman–Crippen LogP) is 0.818. The number of hydrogen-bond acceptors (Lipinski definition) is 7. The average Bonchev–Trinajstić information content (AvgIpc) is 2.93. The second kappa shape index (κ2) is 6.02. The largest absolute Gasteiger partial charge is 0.395 e. The SMILES string of the molecule is CNc1nc(N[C@H]2CN[C@H](CO)C2)nc2nc(C)cc(C)c12. The topological polar surface area (TPSA) is 95.0 Å². The molecule has 7 heteroatoms. The molecule has 0 aromatic carbocycles. The van der Waals surface area contributed by atoms with Gasteiger partial charge in [0.1, 0.15) is 5.82 Å². The van der Waals surface area contributed by atoms with Crippen molar-refractivity contribution < 1.29 is 5.11 Å². The van der Waals surface area contributed by atoms with E-state index in [1.807, 2.05) is 27.0 Å². The highest BCUT2D eigenvalue weighted by Crippen LogP contribution is 2.25. The summed E-state index contributed by atoms with van der Waals surface area (Å²) in [6.07, 6.45) is 0.854. The van der Waals surface area contributed by atoms with E-state index >= 15 is 0 Å². The summed E-state index contributed by atoms with van der Waals surface area (Å²) in [4.78, 5) is 13.6. The molecule has 1 saturated heterocycles. The van der Waals surface area contributed by atoms with E-state index in [1.54, 1.807) is 0 Å². The zero-order chi connectivity index (χ0) is 15.7. The number of nitrogens with one attached hydrogen (secondary N) is 3. The molecule has 3 heterocycles. The predicted molar refractivity (Wildman–Crippen MR) is 87.3 cm³/mol. The van der Waals surface area contributed by atoms with Gasteiger partial charge in [-0.15, -0.1) is 0 Å². The summed E-state index contributed by atoms with van der Waals surface area (Å²) in [5.74, 6) is 1.35. The Labute approximate surface area is 129 Å². The normalized spacial score (nSPS) is 21.3. The first kappa shape index (κ1) is 14.9. The molecule has 0 unspecified atom stereocenters. The molecule has 2 atom stereocenters. The van der Waals surface area contributed by atoms with Crippen molar-refractivity contribution >= 4 is 22.8 Å². The zero-order valence-electron chi connectivity index (χ0n) is 13.1. The van der Waals surface area contributed by atoms with Crippen molar-refractivity contribution in [2.24, 2.45) is 0 Å². The van der Waals surface area contributed by atoms with Crippen LogP contribution >= 0.6 is 0 Å². The number of pyridine rings is 1. The fraction of sp³-hybridized carbons (Fsp3) is 0.533. The lowest BCUT2D eigenvalue weighted by molar-refractivity contribution is 0.254. The van der Waals surface area contributed by atoms with E-state index < -0.39 is 0 Å². The summed E-state index contributed by atoms with van der Waals surface area (Å²) in [6.45, 7) is 4.95. The standard InChI is InChI=1S/C15H22N6O/c1-8-4-9(2)18-14-12(8)13(16-3)20-15(21-14)19-10-5-11(7-22)17-6-10/h4,10-11,17,22H,5-7H2,1-3H3,(H2,16,18,19,20,21)/t10-,11+/m1/s1. The van der Waals surface area contributed by atoms with Gasteiger partial charge in [0, 0.05) is 31.4 Å². The Morgan fingerprint density at radius 2 is 2.14 bits per heavy atom. The van der Waals surface area contributed by atoms with Crippen molar-refractivity contribution in [3.8, 4) is 0 Å². The molecule has 4 N–H and O–H groups in total. The fourth-order valence-electron chi connectivity index (χ4n) is 2.97. The summed E-state index contributed by atoms with van der Waals surface area (Å²) in [7, 11) is 1.85. The lowest BCUT2D eigenvalue weighted by atomic mass is 10.1. The van der Waals surface area contributed by atoms with Crippen molar-refractivity contribution in [1.29, 1.82) is 0 Å². The molecule has 0 spiro atoms. The van der Waals surface area contributed by atoms with Crippen LogP contribution in [0.3, 0.4) is 0 Å². The van der Waals surface area contributed by atoms with Gasteiger partial charge < -0.3 is 21.1 Å².